The van der Waals surface area contributed by atoms with E-state index in [-0.39, 0.29) is 11.8 Å². The molecule has 0 aromatic heterocycles. The zero-order chi connectivity index (χ0) is 17.1. The second-order valence-electron chi connectivity index (χ2n) is 5.50. The summed E-state index contributed by atoms with van der Waals surface area (Å²) in [6.07, 6.45) is 0. The number of carbonyl (C=O) groups excluding carboxylic acids is 1. The third kappa shape index (κ3) is 7.54. The van der Waals surface area contributed by atoms with Gasteiger partial charge in [-0.25, -0.2) is 0 Å². The first-order chi connectivity index (χ1) is 11.0. The van der Waals surface area contributed by atoms with E-state index in [2.05, 4.69) is 15.6 Å². The lowest BCUT2D eigenvalue weighted by atomic mass is 10.2. The summed E-state index contributed by atoms with van der Waals surface area (Å²) in [7, 11) is 3.69. The summed E-state index contributed by atoms with van der Waals surface area (Å²) in [6, 6.07) is 9.73. The van der Waals surface area contributed by atoms with Crippen LogP contribution in [0, 0.1) is 5.92 Å². The fourth-order valence-electron chi connectivity index (χ4n) is 1.87. The number of hydrogen-bond donors (Lipinski definition) is 2. The largest absolute Gasteiger partial charge is 0.492 e. The predicted octanol–water partition coefficient (Wildman–Crippen LogP) is 1.34. The van der Waals surface area contributed by atoms with E-state index in [0.29, 0.717) is 26.2 Å². The van der Waals surface area contributed by atoms with Gasteiger partial charge in [0.05, 0.1) is 6.54 Å². The Morgan fingerprint density at radius 2 is 1.87 bits per heavy atom. The van der Waals surface area contributed by atoms with E-state index in [1.54, 1.807) is 7.05 Å². The number of aliphatic imine (C=N–C) groups is 1. The van der Waals surface area contributed by atoms with Crippen LogP contribution in [0.15, 0.2) is 35.3 Å². The fourth-order valence-corrected chi connectivity index (χ4v) is 1.87. The lowest BCUT2D eigenvalue weighted by Gasteiger charge is -2.22. The minimum Gasteiger partial charge on any atom is -0.492 e. The van der Waals surface area contributed by atoms with Gasteiger partial charge in [-0.15, -0.1) is 0 Å². The molecule has 1 aromatic rings. The molecule has 0 spiro atoms. The normalized spacial score (nSPS) is 11.3. The summed E-state index contributed by atoms with van der Waals surface area (Å²) in [5.41, 5.74) is 0. The molecule has 6 heteroatoms. The molecule has 0 saturated carbocycles. The average Bonchev–Trinajstić information content (AvgIpc) is 2.55. The van der Waals surface area contributed by atoms with Gasteiger partial charge in [-0.2, -0.15) is 0 Å². The molecule has 0 atom stereocenters. The van der Waals surface area contributed by atoms with E-state index in [1.165, 1.54) is 0 Å². The van der Waals surface area contributed by atoms with Crippen molar-refractivity contribution in [2.24, 2.45) is 10.9 Å². The van der Waals surface area contributed by atoms with E-state index in [9.17, 15) is 4.79 Å². The molecule has 0 bridgehead atoms. The van der Waals surface area contributed by atoms with Crippen LogP contribution in [0.5, 0.6) is 5.75 Å². The van der Waals surface area contributed by atoms with Gasteiger partial charge in [-0.3, -0.25) is 9.79 Å². The molecule has 1 rings (SSSR count). The number of amides is 1. The number of rotatable bonds is 8. The second-order valence-corrected chi connectivity index (χ2v) is 5.50. The van der Waals surface area contributed by atoms with Crippen molar-refractivity contribution in [1.29, 1.82) is 0 Å². The number of likely N-dealkylation sites (N-methyl/N-ethyl adjacent to an activating group) is 1. The second kappa shape index (κ2) is 10.5. The van der Waals surface area contributed by atoms with Crippen LogP contribution in [0.4, 0.5) is 0 Å². The number of hydrogen-bond acceptors (Lipinski definition) is 3. The van der Waals surface area contributed by atoms with E-state index in [0.717, 1.165) is 11.7 Å². The van der Waals surface area contributed by atoms with Crippen LogP contribution in [0.1, 0.15) is 13.8 Å². The molecule has 0 aliphatic carbocycles. The molecule has 1 aromatic carbocycles. The van der Waals surface area contributed by atoms with Crippen molar-refractivity contribution < 1.29 is 9.53 Å². The lowest BCUT2D eigenvalue weighted by Crippen LogP contribution is -2.44. The summed E-state index contributed by atoms with van der Waals surface area (Å²) in [5.74, 6) is 1.71. The molecule has 0 radical (unpaired) electrons. The Kier molecular flexibility index (Phi) is 8.57. The number of para-hydroxylation sites is 1. The van der Waals surface area contributed by atoms with Crippen molar-refractivity contribution in [2.45, 2.75) is 13.8 Å². The minimum absolute atomic E-state index is 0.00659. The van der Waals surface area contributed by atoms with Gasteiger partial charge in [-0.1, -0.05) is 32.0 Å². The highest BCUT2D eigenvalue weighted by Gasteiger charge is 2.07. The third-order valence-corrected chi connectivity index (χ3v) is 3.24. The molecule has 23 heavy (non-hydrogen) atoms. The van der Waals surface area contributed by atoms with Gasteiger partial charge in [0.15, 0.2) is 5.96 Å². The Morgan fingerprint density at radius 3 is 2.48 bits per heavy atom. The molecule has 0 saturated heterocycles. The first-order valence-corrected chi connectivity index (χ1v) is 7.92. The molecule has 0 heterocycles. The molecule has 0 unspecified atom stereocenters. The summed E-state index contributed by atoms with van der Waals surface area (Å²) < 4.78 is 5.67. The van der Waals surface area contributed by atoms with Gasteiger partial charge < -0.3 is 20.3 Å². The van der Waals surface area contributed by atoms with E-state index in [4.69, 9.17) is 4.74 Å². The highest BCUT2D eigenvalue weighted by atomic mass is 16.5. The fraction of sp³-hybridized carbons (Fsp3) is 0.529. The molecular formula is C17H28N4O2. The van der Waals surface area contributed by atoms with Gasteiger partial charge >= 0.3 is 0 Å². The van der Waals surface area contributed by atoms with Crippen LogP contribution in [-0.2, 0) is 4.79 Å². The molecule has 128 valence electrons. The maximum absolute atomic E-state index is 11.5. The zero-order valence-electron chi connectivity index (χ0n) is 14.5. The minimum atomic E-state index is 0.00659. The highest BCUT2D eigenvalue weighted by molar-refractivity contribution is 5.80. The monoisotopic (exact) mass is 320 g/mol. The molecule has 1 amide bonds. The first-order valence-electron chi connectivity index (χ1n) is 7.92. The van der Waals surface area contributed by atoms with Crippen LogP contribution in [0.2, 0.25) is 0 Å². The van der Waals surface area contributed by atoms with Gasteiger partial charge in [-0.05, 0) is 12.1 Å². The summed E-state index contributed by atoms with van der Waals surface area (Å²) in [4.78, 5) is 17.7. The van der Waals surface area contributed by atoms with Crippen LogP contribution in [0.3, 0.4) is 0 Å². The lowest BCUT2D eigenvalue weighted by molar-refractivity contribution is -0.123. The predicted molar refractivity (Wildman–Crippen MR) is 93.8 cm³/mol. The maximum atomic E-state index is 11.5. The van der Waals surface area contributed by atoms with Crippen molar-refractivity contribution in [3.63, 3.8) is 0 Å². The van der Waals surface area contributed by atoms with Gasteiger partial charge in [0, 0.05) is 33.1 Å². The van der Waals surface area contributed by atoms with Gasteiger partial charge in [0.25, 0.3) is 0 Å². The van der Waals surface area contributed by atoms with E-state index in [1.807, 2.05) is 56.1 Å². The first kappa shape index (κ1) is 18.8. The van der Waals surface area contributed by atoms with Crippen LogP contribution < -0.4 is 15.4 Å². The SMILES string of the molecule is CN=C(NCCNC(=O)C(C)C)N(C)CCOc1ccccc1. The topological polar surface area (TPSA) is 66.0 Å². The molecule has 0 aliphatic rings. The quantitative estimate of drug-likeness (QED) is 0.431. The Labute approximate surface area is 138 Å². The molecule has 0 aliphatic heterocycles. The van der Waals surface area contributed by atoms with Crippen LogP contribution in [0.25, 0.3) is 0 Å². The Hall–Kier alpha value is -2.24. The Bertz CT molecular complexity index is 489. The zero-order valence-corrected chi connectivity index (χ0v) is 14.5. The molecule has 6 nitrogen and oxygen atoms in total. The summed E-state index contributed by atoms with van der Waals surface area (Å²) in [5, 5.41) is 6.08. The van der Waals surface area contributed by atoms with Crippen LogP contribution >= 0.6 is 0 Å². The molecular weight excluding hydrogens is 292 g/mol. The van der Waals surface area contributed by atoms with Gasteiger partial charge in [0.1, 0.15) is 12.4 Å². The van der Waals surface area contributed by atoms with Crippen molar-refractivity contribution >= 4 is 11.9 Å². The number of nitrogens with one attached hydrogen (secondary N) is 2. The number of carbonyl (C=O) groups is 1. The van der Waals surface area contributed by atoms with Gasteiger partial charge in [0.2, 0.25) is 5.91 Å². The summed E-state index contributed by atoms with van der Waals surface area (Å²) >= 11 is 0. The number of guanidine groups is 1. The smallest absolute Gasteiger partial charge is 0.222 e. The van der Waals surface area contributed by atoms with Crippen molar-refractivity contribution in [3.8, 4) is 5.75 Å². The van der Waals surface area contributed by atoms with E-state index < -0.39 is 0 Å². The molecule has 0 fully saturated rings. The number of ether oxygens (including phenoxy) is 1. The average molecular weight is 320 g/mol. The Morgan fingerprint density at radius 1 is 1.22 bits per heavy atom. The van der Waals surface area contributed by atoms with Crippen LogP contribution in [-0.4, -0.2) is 57.1 Å². The highest BCUT2D eigenvalue weighted by Crippen LogP contribution is 2.07. The standard InChI is InChI=1S/C17H28N4O2/c1-14(2)16(22)19-10-11-20-17(18-3)21(4)12-13-23-15-8-6-5-7-9-15/h5-9,14H,10-13H2,1-4H3,(H,18,20)(H,19,22). The third-order valence-electron chi connectivity index (χ3n) is 3.24. The Balaban J connectivity index is 2.24. The maximum Gasteiger partial charge on any atom is 0.222 e. The van der Waals surface area contributed by atoms with Crippen molar-refractivity contribution in [1.82, 2.24) is 15.5 Å². The van der Waals surface area contributed by atoms with Crippen molar-refractivity contribution in [2.75, 3.05) is 40.3 Å². The molecule has 2 N–H and O–H groups in total. The van der Waals surface area contributed by atoms with E-state index >= 15 is 0 Å². The van der Waals surface area contributed by atoms with Crippen molar-refractivity contribution in [3.05, 3.63) is 30.3 Å². The number of benzene rings is 1. The summed E-state index contributed by atoms with van der Waals surface area (Å²) in [6.45, 7) is 6.25. The number of nitrogens with zero attached hydrogens (tertiary/aromatic N) is 2.